The summed E-state index contributed by atoms with van der Waals surface area (Å²) in [5.41, 5.74) is 6.73. The van der Waals surface area contributed by atoms with Crippen molar-refractivity contribution < 1.29 is 4.79 Å². The largest absolute Gasteiger partial charge is 0.397 e. The van der Waals surface area contributed by atoms with Crippen LogP contribution in [0.25, 0.3) is 10.1 Å². The van der Waals surface area contributed by atoms with E-state index in [1.807, 2.05) is 18.2 Å². The van der Waals surface area contributed by atoms with E-state index in [-0.39, 0.29) is 5.91 Å². The summed E-state index contributed by atoms with van der Waals surface area (Å²) in [6, 6.07) is 6.33. The molecule has 3 N–H and O–H groups in total. The first kappa shape index (κ1) is 14.8. The highest BCUT2D eigenvalue weighted by Crippen LogP contribution is 2.38. The standard InChI is InChI=1S/C15H18BrN3OS/c1-19-7-3-4-9(19)8-18-15(20)14-13(17)12-10(16)5-2-6-11(12)21-14/h2,5-6,9H,3-4,7-8,17H2,1H3,(H,18,20). The number of fused-ring (bicyclic) bond motifs is 1. The van der Waals surface area contributed by atoms with Crippen molar-refractivity contribution in [2.24, 2.45) is 0 Å². The maximum absolute atomic E-state index is 12.4. The van der Waals surface area contributed by atoms with Crippen LogP contribution in [-0.4, -0.2) is 37.0 Å². The second kappa shape index (κ2) is 5.94. The number of nitrogens with two attached hydrogens (primary N) is 1. The Morgan fingerprint density at radius 3 is 3.05 bits per heavy atom. The number of benzene rings is 1. The number of thiophene rings is 1. The van der Waals surface area contributed by atoms with Gasteiger partial charge in [-0.3, -0.25) is 4.79 Å². The number of carbonyl (C=O) groups is 1. The van der Waals surface area contributed by atoms with Crippen molar-refractivity contribution in [2.75, 3.05) is 25.9 Å². The Hall–Kier alpha value is -1.11. The Balaban J connectivity index is 1.78. The number of halogens is 1. The first-order valence-corrected chi connectivity index (χ1v) is 8.64. The summed E-state index contributed by atoms with van der Waals surface area (Å²) in [5.74, 6) is -0.0686. The number of carbonyl (C=O) groups excluding carboxylic acids is 1. The number of hydrogen-bond donors (Lipinski definition) is 2. The first-order chi connectivity index (χ1) is 10.1. The van der Waals surface area contributed by atoms with Crippen molar-refractivity contribution in [1.82, 2.24) is 10.2 Å². The average Bonchev–Trinajstić information content (AvgIpc) is 3.01. The van der Waals surface area contributed by atoms with Gasteiger partial charge in [-0.25, -0.2) is 0 Å². The lowest BCUT2D eigenvalue weighted by molar-refractivity contribution is 0.0948. The summed E-state index contributed by atoms with van der Waals surface area (Å²) in [5, 5.41) is 3.96. The molecule has 0 spiro atoms. The van der Waals surface area contributed by atoms with Crippen molar-refractivity contribution in [1.29, 1.82) is 0 Å². The zero-order valence-electron chi connectivity index (χ0n) is 11.9. The maximum Gasteiger partial charge on any atom is 0.263 e. The number of hydrogen-bond acceptors (Lipinski definition) is 4. The van der Waals surface area contributed by atoms with E-state index in [1.54, 1.807) is 0 Å². The summed E-state index contributed by atoms with van der Waals surface area (Å²) in [7, 11) is 2.11. The predicted molar refractivity (Wildman–Crippen MR) is 91.9 cm³/mol. The number of nitrogen functional groups attached to an aromatic ring is 1. The van der Waals surface area contributed by atoms with E-state index in [0.717, 1.165) is 27.5 Å². The van der Waals surface area contributed by atoms with Crippen molar-refractivity contribution >= 4 is 48.9 Å². The predicted octanol–water partition coefficient (Wildman–Crippen LogP) is 3.07. The summed E-state index contributed by atoms with van der Waals surface area (Å²) >= 11 is 4.95. The lowest BCUT2D eigenvalue weighted by Crippen LogP contribution is -2.38. The Bertz CT molecular complexity index is 685. The van der Waals surface area contributed by atoms with E-state index in [2.05, 4.69) is 33.2 Å². The average molecular weight is 368 g/mol. The molecule has 2 aromatic rings. The van der Waals surface area contributed by atoms with E-state index < -0.39 is 0 Å². The molecule has 1 unspecified atom stereocenters. The number of nitrogens with one attached hydrogen (secondary N) is 1. The molecule has 1 aromatic heterocycles. The first-order valence-electron chi connectivity index (χ1n) is 7.03. The Morgan fingerprint density at radius 2 is 2.38 bits per heavy atom. The zero-order chi connectivity index (χ0) is 15.0. The van der Waals surface area contributed by atoms with Crippen LogP contribution in [0.2, 0.25) is 0 Å². The highest BCUT2D eigenvalue weighted by molar-refractivity contribution is 9.10. The topological polar surface area (TPSA) is 58.4 Å². The van der Waals surface area contributed by atoms with Crippen LogP contribution in [0, 0.1) is 0 Å². The molecular weight excluding hydrogens is 350 g/mol. The smallest absolute Gasteiger partial charge is 0.263 e. The van der Waals surface area contributed by atoms with Crippen LogP contribution >= 0.6 is 27.3 Å². The highest BCUT2D eigenvalue weighted by atomic mass is 79.9. The molecule has 1 aromatic carbocycles. The minimum Gasteiger partial charge on any atom is -0.397 e. The zero-order valence-corrected chi connectivity index (χ0v) is 14.3. The molecular formula is C15H18BrN3OS. The summed E-state index contributed by atoms with van der Waals surface area (Å²) in [6.07, 6.45) is 2.35. The van der Waals surface area contributed by atoms with Crippen molar-refractivity contribution in [3.8, 4) is 0 Å². The number of anilines is 1. The van der Waals surface area contributed by atoms with E-state index in [4.69, 9.17) is 5.73 Å². The number of likely N-dealkylation sites (tertiary alicyclic amines) is 1. The molecule has 21 heavy (non-hydrogen) atoms. The molecule has 1 atom stereocenters. The van der Waals surface area contributed by atoms with Crippen LogP contribution in [0.15, 0.2) is 22.7 Å². The van der Waals surface area contributed by atoms with Gasteiger partial charge in [0.1, 0.15) is 4.88 Å². The molecule has 3 rings (SSSR count). The van der Waals surface area contributed by atoms with Gasteiger partial charge in [-0.1, -0.05) is 22.0 Å². The molecule has 1 aliphatic heterocycles. The van der Waals surface area contributed by atoms with Crippen LogP contribution in [-0.2, 0) is 0 Å². The molecule has 6 heteroatoms. The third kappa shape index (κ3) is 2.80. The normalized spacial score (nSPS) is 19.2. The maximum atomic E-state index is 12.4. The molecule has 1 saturated heterocycles. The third-order valence-corrected chi connectivity index (χ3v) is 5.91. The number of amides is 1. The lowest BCUT2D eigenvalue weighted by atomic mass is 10.2. The number of nitrogens with zero attached hydrogens (tertiary/aromatic N) is 1. The van der Waals surface area contributed by atoms with Crippen LogP contribution in [0.3, 0.4) is 0 Å². The van der Waals surface area contributed by atoms with Gasteiger partial charge < -0.3 is 16.0 Å². The van der Waals surface area contributed by atoms with E-state index in [9.17, 15) is 4.79 Å². The molecule has 112 valence electrons. The summed E-state index contributed by atoms with van der Waals surface area (Å²) in [6.45, 7) is 1.79. The summed E-state index contributed by atoms with van der Waals surface area (Å²) < 4.78 is 1.97. The molecule has 1 amide bonds. The molecule has 1 aliphatic rings. The van der Waals surface area contributed by atoms with Gasteiger partial charge in [0, 0.05) is 27.1 Å². The molecule has 1 fully saturated rings. The van der Waals surface area contributed by atoms with Crippen LogP contribution < -0.4 is 11.1 Å². The van der Waals surface area contributed by atoms with Crippen molar-refractivity contribution in [3.05, 3.63) is 27.5 Å². The van der Waals surface area contributed by atoms with Crippen molar-refractivity contribution in [3.63, 3.8) is 0 Å². The lowest BCUT2D eigenvalue weighted by Gasteiger charge is -2.19. The quantitative estimate of drug-likeness (QED) is 0.876. The second-order valence-electron chi connectivity index (χ2n) is 5.44. The number of likely N-dealkylation sites (N-methyl/N-ethyl adjacent to an activating group) is 1. The van der Waals surface area contributed by atoms with Gasteiger partial charge in [-0.05, 0) is 38.6 Å². The Morgan fingerprint density at radius 1 is 1.57 bits per heavy atom. The fraction of sp³-hybridized carbons (Fsp3) is 0.400. The molecule has 2 heterocycles. The fourth-order valence-electron chi connectivity index (χ4n) is 2.83. The number of rotatable bonds is 3. The molecule has 4 nitrogen and oxygen atoms in total. The van der Waals surface area contributed by atoms with Gasteiger partial charge in [0.15, 0.2) is 0 Å². The minimum atomic E-state index is -0.0686. The van der Waals surface area contributed by atoms with Gasteiger partial charge in [0.05, 0.1) is 5.69 Å². The van der Waals surface area contributed by atoms with Crippen molar-refractivity contribution in [2.45, 2.75) is 18.9 Å². The van der Waals surface area contributed by atoms with Gasteiger partial charge in [0.25, 0.3) is 5.91 Å². The second-order valence-corrected chi connectivity index (χ2v) is 7.35. The SMILES string of the molecule is CN1CCCC1CNC(=O)c1sc2cccc(Br)c2c1N. The molecule has 0 saturated carbocycles. The molecule has 0 bridgehead atoms. The van der Waals surface area contributed by atoms with Crippen LogP contribution in [0.5, 0.6) is 0 Å². The monoisotopic (exact) mass is 367 g/mol. The van der Waals surface area contributed by atoms with Gasteiger partial charge in [0.2, 0.25) is 0 Å². The minimum absolute atomic E-state index is 0.0686. The summed E-state index contributed by atoms with van der Waals surface area (Å²) in [4.78, 5) is 15.3. The Kier molecular flexibility index (Phi) is 4.19. The molecule has 0 radical (unpaired) electrons. The van der Waals surface area contributed by atoms with Gasteiger partial charge in [-0.2, -0.15) is 0 Å². The van der Waals surface area contributed by atoms with Gasteiger partial charge >= 0.3 is 0 Å². The van der Waals surface area contributed by atoms with Gasteiger partial charge in [-0.15, -0.1) is 11.3 Å². The van der Waals surface area contributed by atoms with E-state index in [0.29, 0.717) is 23.2 Å². The van der Waals surface area contributed by atoms with E-state index in [1.165, 1.54) is 17.8 Å². The highest BCUT2D eigenvalue weighted by Gasteiger charge is 2.23. The van der Waals surface area contributed by atoms with Crippen LogP contribution in [0.4, 0.5) is 5.69 Å². The van der Waals surface area contributed by atoms with E-state index >= 15 is 0 Å². The fourth-order valence-corrected chi connectivity index (χ4v) is 4.60. The molecule has 0 aliphatic carbocycles. The Labute approximate surface area is 136 Å². The third-order valence-electron chi connectivity index (χ3n) is 4.08. The van der Waals surface area contributed by atoms with Crippen LogP contribution in [0.1, 0.15) is 22.5 Å².